The van der Waals surface area contributed by atoms with Gasteiger partial charge >= 0.3 is 0 Å². The van der Waals surface area contributed by atoms with Gasteiger partial charge in [0.2, 0.25) is 0 Å². The van der Waals surface area contributed by atoms with Crippen LogP contribution in [0.4, 0.5) is 5.82 Å². The molecule has 3 rings (SSSR count). The molecule has 0 bridgehead atoms. The molecule has 0 radical (unpaired) electrons. The van der Waals surface area contributed by atoms with E-state index in [0.29, 0.717) is 5.96 Å². The van der Waals surface area contributed by atoms with Gasteiger partial charge in [-0.15, -0.1) is 0 Å². The Morgan fingerprint density at radius 3 is 2.38 bits per heavy atom. The minimum absolute atomic E-state index is 0.359. The molecule has 2 aromatic carbocycles. The van der Waals surface area contributed by atoms with Crippen LogP contribution in [-0.4, -0.2) is 29.4 Å². The summed E-state index contributed by atoms with van der Waals surface area (Å²) in [4.78, 5) is 10.9. The van der Waals surface area contributed by atoms with E-state index >= 15 is 0 Å². The molecule has 3 aromatic rings. The molecular formula is C24H33N5. The lowest BCUT2D eigenvalue weighted by molar-refractivity contribution is 0.271. The summed E-state index contributed by atoms with van der Waals surface area (Å²) in [6.45, 7) is 11.1. The molecule has 154 valence electrons. The Hall–Kier alpha value is -2.92. The number of nitrogens with two attached hydrogens (primary N) is 1. The van der Waals surface area contributed by atoms with E-state index in [9.17, 15) is 0 Å². The number of rotatable bonds is 6. The van der Waals surface area contributed by atoms with Crippen LogP contribution < -0.4 is 11.1 Å². The Morgan fingerprint density at radius 2 is 1.72 bits per heavy atom. The number of hydrogen-bond donors (Lipinski definition) is 2. The van der Waals surface area contributed by atoms with E-state index in [1.807, 2.05) is 20.0 Å². The smallest absolute Gasteiger partial charge is 0.194 e. The van der Waals surface area contributed by atoms with Crippen molar-refractivity contribution in [2.45, 2.75) is 40.8 Å². The van der Waals surface area contributed by atoms with E-state index in [-0.39, 0.29) is 0 Å². The zero-order valence-corrected chi connectivity index (χ0v) is 18.2. The molecule has 5 heteroatoms. The summed E-state index contributed by atoms with van der Waals surface area (Å²) >= 11 is 0. The SMILES string of the molecule is CC.CCN(Cc1ccccc1)Cc1ccc2c(C)cnc(NC(N)=NC)c2c1. The van der Waals surface area contributed by atoms with Gasteiger partial charge in [-0.2, -0.15) is 0 Å². The predicted octanol–water partition coefficient (Wildman–Crippen LogP) is 4.95. The molecule has 0 amide bonds. The molecule has 5 nitrogen and oxygen atoms in total. The van der Waals surface area contributed by atoms with Crippen molar-refractivity contribution in [3.63, 3.8) is 0 Å². The monoisotopic (exact) mass is 391 g/mol. The van der Waals surface area contributed by atoms with Gasteiger partial charge < -0.3 is 11.1 Å². The Kier molecular flexibility index (Phi) is 8.62. The predicted molar refractivity (Wildman–Crippen MR) is 125 cm³/mol. The molecule has 0 atom stereocenters. The molecular weight excluding hydrogens is 358 g/mol. The molecule has 1 heterocycles. The summed E-state index contributed by atoms with van der Waals surface area (Å²) in [7, 11) is 1.66. The number of nitrogens with one attached hydrogen (secondary N) is 1. The second-order valence-corrected chi connectivity index (χ2v) is 6.69. The molecule has 29 heavy (non-hydrogen) atoms. The third-order valence-electron chi connectivity index (χ3n) is 4.74. The third kappa shape index (κ3) is 6.03. The molecule has 0 fully saturated rings. The number of hydrogen-bond acceptors (Lipinski definition) is 3. The van der Waals surface area contributed by atoms with Crippen molar-refractivity contribution in [2.75, 3.05) is 18.9 Å². The minimum atomic E-state index is 0.359. The molecule has 1 aromatic heterocycles. The molecule has 0 aliphatic heterocycles. The second kappa shape index (κ2) is 11.2. The standard InChI is InChI=1S/C22H27N5.C2H6/c1-4-27(14-17-8-6-5-7-9-17)15-18-10-11-19-16(2)13-25-21(20(19)12-18)26-22(23)24-3;1-2/h5-13H,4,14-15H2,1-3H3,(H3,23,24,25,26);1-2H3. The van der Waals surface area contributed by atoms with Gasteiger partial charge in [0.05, 0.1) is 0 Å². The van der Waals surface area contributed by atoms with Gasteiger partial charge in [0.1, 0.15) is 5.82 Å². The largest absolute Gasteiger partial charge is 0.370 e. The highest BCUT2D eigenvalue weighted by atomic mass is 15.1. The van der Waals surface area contributed by atoms with Crippen LogP contribution in [0.3, 0.4) is 0 Å². The van der Waals surface area contributed by atoms with Crippen molar-refractivity contribution in [1.82, 2.24) is 9.88 Å². The Labute approximate surface area is 174 Å². The number of anilines is 1. The summed E-state index contributed by atoms with van der Waals surface area (Å²) < 4.78 is 0. The van der Waals surface area contributed by atoms with Crippen LogP contribution in [0.5, 0.6) is 0 Å². The second-order valence-electron chi connectivity index (χ2n) is 6.69. The average molecular weight is 392 g/mol. The highest BCUT2D eigenvalue weighted by molar-refractivity contribution is 6.02. The van der Waals surface area contributed by atoms with Crippen molar-refractivity contribution in [3.05, 3.63) is 71.4 Å². The summed E-state index contributed by atoms with van der Waals surface area (Å²) in [6.07, 6.45) is 1.86. The highest BCUT2D eigenvalue weighted by Gasteiger charge is 2.10. The van der Waals surface area contributed by atoms with E-state index < -0.39 is 0 Å². The maximum Gasteiger partial charge on any atom is 0.194 e. The van der Waals surface area contributed by atoms with Crippen LogP contribution in [0.15, 0.2) is 59.7 Å². The quantitative estimate of drug-likeness (QED) is 0.461. The Bertz CT molecular complexity index is 935. The van der Waals surface area contributed by atoms with Crippen LogP contribution in [0.25, 0.3) is 10.8 Å². The van der Waals surface area contributed by atoms with E-state index in [2.05, 4.69) is 82.6 Å². The molecule has 0 saturated heterocycles. The van der Waals surface area contributed by atoms with Crippen molar-refractivity contribution >= 4 is 22.5 Å². The fraction of sp³-hybridized carbons (Fsp3) is 0.333. The van der Waals surface area contributed by atoms with Gasteiger partial charge in [-0.1, -0.05) is 63.2 Å². The van der Waals surface area contributed by atoms with E-state index in [1.165, 1.54) is 16.5 Å². The van der Waals surface area contributed by atoms with Crippen LogP contribution in [0.1, 0.15) is 37.5 Å². The number of pyridine rings is 1. The molecule has 3 N–H and O–H groups in total. The minimum Gasteiger partial charge on any atom is -0.370 e. The molecule has 0 aliphatic carbocycles. The van der Waals surface area contributed by atoms with Crippen molar-refractivity contribution in [3.8, 4) is 0 Å². The Morgan fingerprint density at radius 1 is 1.03 bits per heavy atom. The number of guanidine groups is 1. The van der Waals surface area contributed by atoms with Gasteiger partial charge in [-0.05, 0) is 41.6 Å². The van der Waals surface area contributed by atoms with E-state index in [0.717, 1.165) is 36.4 Å². The van der Waals surface area contributed by atoms with Crippen LogP contribution in [0.2, 0.25) is 0 Å². The van der Waals surface area contributed by atoms with Gasteiger partial charge in [0.15, 0.2) is 5.96 Å². The number of benzene rings is 2. The molecule has 0 spiro atoms. The lowest BCUT2D eigenvalue weighted by Gasteiger charge is -2.21. The summed E-state index contributed by atoms with van der Waals surface area (Å²) in [5.41, 5.74) is 9.57. The first-order valence-corrected chi connectivity index (χ1v) is 10.2. The number of aryl methyl sites for hydroxylation is 1. The summed E-state index contributed by atoms with van der Waals surface area (Å²) in [5, 5.41) is 5.34. The average Bonchev–Trinajstić information content (AvgIpc) is 2.77. The summed E-state index contributed by atoms with van der Waals surface area (Å²) in [5.74, 6) is 1.10. The van der Waals surface area contributed by atoms with E-state index in [1.54, 1.807) is 7.05 Å². The maximum atomic E-state index is 5.85. The zero-order valence-electron chi connectivity index (χ0n) is 18.2. The lowest BCUT2D eigenvalue weighted by Crippen LogP contribution is -2.23. The van der Waals surface area contributed by atoms with Gasteiger partial charge in [-0.25, -0.2) is 4.98 Å². The number of nitrogens with zero attached hydrogens (tertiary/aromatic N) is 3. The summed E-state index contributed by atoms with van der Waals surface area (Å²) in [6, 6.07) is 17.1. The molecule has 0 aliphatic rings. The third-order valence-corrected chi connectivity index (χ3v) is 4.74. The normalized spacial score (nSPS) is 11.3. The van der Waals surface area contributed by atoms with Gasteiger partial charge in [-0.3, -0.25) is 9.89 Å². The Balaban J connectivity index is 0.00000145. The van der Waals surface area contributed by atoms with Crippen molar-refractivity contribution in [1.29, 1.82) is 0 Å². The fourth-order valence-electron chi connectivity index (χ4n) is 3.19. The van der Waals surface area contributed by atoms with Gasteiger partial charge in [0, 0.05) is 31.7 Å². The number of fused-ring (bicyclic) bond motifs is 1. The number of aliphatic imine (C=N–C) groups is 1. The molecule has 0 saturated carbocycles. The first kappa shape index (κ1) is 22.4. The topological polar surface area (TPSA) is 66.5 Å². The fourth-order valence-corrected chi connectivity index (χ4v) is 3.19. The van der Waals surface area contributed by atoms with E-state index in [4.69, 9.17) is 5.73 Å². The van der Waals surface area contributed by atoms with Crippen LogP contribution >= 0.6 is 0 Å². The molecule has 0 unspecified atom stereocenters. The lowest BCUT2D eigenvalue weighted by atomic mass is 10.0. The number of aromatic nitrogens is 1. The van der Waals surface area contributed by atoms with Crippen molar-refractivity contribution in [2.24, 2.45) is 10.7 Å². The van der Waals surface area contributed by atoms with Gasteiger partial charge in [0.25, 0.3) is 0 Å². The van der Waals surface area contributed by atoms with Crippen LogP contribution in [-0.2, 0) is 13.1 Å². The highest BCUT2D eigenvalue weighted by Crippen LogP contribution is 2.26. The first-order valence-electron chi connectivity index (χ1n) is 10.2. The van der Waals surface area contributed by atoms with Crippen molar-refractivity contribution < 1.29 is 0 Å². The zero-order chi connectivity index (χ0) is 21.2. The first-order chi connectivity index (χ1) is 14.1. The maximum absolute atomic E-state index is 5.85. The van der Waals surface area contributed by atoms with Crippen LogP contribution in [0, 0.1) is 6.92 Å².